The zero-order valence-electron chi connectivity index (χ0n) is 11.0. The molecule has 0 spiro atoms. The highest BCUT2D eigenvalue weighted by atomic mass is 31.2. The molecule has 0 saturated carbocycles. The summed E-state index contributed by atoms with van der Waals surface area (Å²) < 4.78 is 24.7. The lowest BCUT2D eigenvalue weighted by molar-refractivity contribution is -0.258. The van der Waals surface area contributed by atoms with Crippen LogP contribution in [0.4, 0.5) is 0 Å². The maximum atomic E-state index is 11.8. The third kappa shape index (κ3) is 7.17. The van der Waals surface area contributed by atoms with Gasteiger partial charge >= 0.3 is 19.8 Å². The maximum Gasteiger partial charge on any atom is 0.547 e. The van der Waals surface area contributed by atoms with Gasteiger partial charge in [0.25, 0.3) is 0 Å². The van der Waals surface area contributed by atoms with Crippen LogP contribution in [0.5, 0.6) is 0 Å². The van der Waals surface area contributed by atoms with E-state index in [1.165, 1.54) is 13.8 Å². The molecule has 0 fully saturated rings. The van der Waals surface area contributed by atoms with Crippen LogP contribution in [0.3, 0.4) is 0 Å². The minimum Gasteiger partial charge on any atom is -0.394 e. The lowest BCUT2D eigenvalue weighted by Crippen LogP contribution is -2.12. The molecule has 1 N–H and O–H groups in total. The van der Waals surface area contributed by atoms with Crippen LogP contribution in [0.2, 0.25) is 0 Å². The van der Waals surface area contributed by atoms with E-state index in [-0.39, 0.29) is 11.1 Å². The third-order valence-electron chi connectivity index (χ3n) is 1.45. The lowest BCUT2D eigenvalue weighted by Gasteiger charge is -2.14. The first-order chi connectivity index (χ1) is 9.22. The second-order valence-electron chi connectivity index (χ2n) is 3.46. The monoisotopic (exact) mass is 310 g/mol. The van der Waals surface area contributed by atoms with Gasteiger partial charge in [0.1, 0.15) is 0 Å². The molecule has 0 atom stereocenters. The minimum atomic E-state index is -4.55. The third-order valence-corrected chi connectivity index (χ3v) is 2.46. The van der Waals surface area contributed by atoms with Crippen LogP contribution >= 0.6 is 7.82 Å². The van der Waals surface area contributed by atoms with Crippen LogP contribution in [0, 0.1) is 0 Å². The van der Waals surface area contributed by atoms with Gasteiger partial charge in [0.05, 0.1) is 13.2 Å². The van der Waals surface area contributed by atoms with Gasteiger partial charge in [-0.2, -0.15) is 0 Å². The van der Waals surface area contributed by atoms with Crippen molar-refractivity contribution in [1.82, 2.24) is 0 Å². The fourth-order valence-electron chi connectivity index (χ4n) is 0.509. The Balaban J connectivity index is 4.61. The smallest absolute Gasteiger partial charge is 0.394 e. The normalized spacial score (nSPS) is 10.8. The van der Waals surface area contributed by atoms with Gasteiger partial charge in [0.2, 0.25) is 0 Å². The van der Waals surface area contributed by atoms with Crippen LogP contribution in [0.25, 0.3) is 0 Å². The predicted molar refractivity (Wildman–Crippen MR) is 64.6 cm³/mol. The van der Waals surface area contributed by atoms with E-state index >= 15 is 0 Å². The van der Waals surface area contributed by atoms with Crippen molar-refractivity contribution >= 4 is 19.8 Å². The van der Waals surface area contributed by atoms with E-state index in [4.69, 9.17) is 5.11 Å². The molecule has 114 valence electrons. The second kappa shape index (κ2) is 8.62. The molecule has 0 aromatic carbocycles. The Hall–Kier alpha value is -1.51. The number of aliphatic hydroxyl groups excluding tert-OH is 1. The molecule has 0 unspecified atom stereocenters. The minimum absolute atomic E-state index is 0.0439. The summed E-state index contributed by atoms with van der Waals surface area (Å²) in [5.41, 5.74) is -0.0877. The fourth-order valence-corrected chi connectivity index (χ4v) is 1.24. The Morgan fingerprint density at radius 2 is 1.45 bits per heavy atom. The lowest BCUT2D eigenvalue weighted by atomic mass is 10.4. The molecule has 0 radical (unpaired) electrons. The van der Waals surface area contributed by atoms with Crippen molar-refractivity contribution < 1.29 is 42.9 Å². The van der Waals surface area contributed by atoms with Crippen molar-refractivity contribution in [2.45, 2.75) is 13.8 Å². The summed E-state index contributed by atoms with van der Waals surface area (Å²) in [6, 6.07) is 0. The molecule has 0 amide bonds. The van der Waals surface area contributed by atoms with Crippen LogP contribution < -0.4 is 0 Å². The first-order valence-electron chi connectivity index (χ1n) is 5.19. The Morgan fingerprint density at radius 3 is 1.75 bits per heavy atom. The number of phosphoric acid groups is 1. The van der Waals surface area contributed by atoms with Gasteiger partial charge in [-0.3, -0.25) is 14.3 Å². The predicted octanol–water partition coefficient (Wildman–Crippen LogP) is 1.21. The molecule has 9 nitrogen and oxygen atoms in total. The average Bonchev–Trinajstić information content (AvgIpc) is 2.39. The number of hydrogen-bond acceptors (Lipinski definition) is 9. The summed E-state index contributed by atoms with van der Waals surface area (Å²) in [5.74, 6) is -2.07. The molecule has 20 heavy (non-hydrogen) atoms. The summed E-state index contributed by atoms with van der Waals surface area (Å²) in [6.07, 6.45) is 0. The molecule has 0 aliphatic heterocycles. The number of hydrogen-bond donors (Lipinski definition) is 1. The Labute approximate surface area is 115 Å². The molecule has 0 aromatic heterocycles. The van der Waals surface area contributed by atoms with E-state index in [9.17, 15) is 14.2 Å². The molecule has 0 saturated heterocycles. The van der Waals surface area contributed by atoms with Gasteiger partial charge in [0, 0.05) is 11.1 Å². The van der Waals surface area contributed by atoms with Crippen molar-refractivity contribution in [3.05, 3.63) is 24.3 Å². The summed E-state index contributed by atoms with van der Waals surface area (Å²) in [6.45, 7) is 8.12. The van der Waals surface area contributed by atoms with Crippen molar-refractivity contribution in [3.63, 3.8) is 0 Å². The molecule has 10 heteroatoms. The van der Waals surface area contributed by atoms with Crippen LogP contribution in [-0.4, -0.2) is 30.3 Å². The van der Waals surface area contributed by atoms with Crippen LogP contribution in [0.15, 0.2) is 24.3 Å². The molecule has 0 aromatic rings. The second-order valence-corrected chi connectivity index (χ2v) is 4.91. The molecular formula is C10H15O9P. The molecule has 0 rings (SSSR count). The van der Waals surface area contributed by atoms with Crippen LogP contribution in [0.1, 0.15) is 13.8 Å². The number of carbonyl (C=O) groups excluding carboxylic acids is 2. The Bertz CT molecular complexity index is 408. The molecule has 0 aliphatic carbocycles. The van der Waals surface area contributed by atoms with E-state index in [0.29, 0.717) is 0 Å². The molecule has 0 bridgehead atoms. The number of carbonyl (C=O) groups is 2. The molecule has 0 heterocycles. The van der Waals surface area contributed by atoms with Crippen molar-refractivity contribution in [3.8, 4) is 0 Å². The van der Waals surface area contributed by atoms with Gasteiger partial charge in [-0.05, 0) is 13.8 Å². The topological polar surface area (TPSA) is 118 Å². The van der Waals surface area contributed by atoms with Crippen molar-refractivity contribution in [1.29, 1.82) is 0 Å². The summed E-state index contributed by atoms with van der Waals surface area (Å²) in [5, 5.41) is 8.56. The van der Waals surface area contributed by atoms with E-state index in [1.807, 2.05) is 0 Å². The first-order valence-corrected chi connectivity index (χ1v) is 6.65. The summed E-state index contributed by atoms with van der Waals surface area (Å²) in [4.78, 5) is 30.3. The fraction of sp³-hybridized carbons (Fsp3) is 0.400. The van der Waals surface area contributed by atoms with Gasteiger partial charge in [-0.15, -0.1) is 0 Å². The average molecular weight is 310 g/mol. The molecular weight excluding hydrogens is 295 g/mol. The highest BCUT2D eigenvalue weighted by Crippen LogP contribution is 2.50. The molecule has 0 aliphatic rings. The van der Waals surface area contributed by atoms with Crippen LogP contribution in [-0.2, 0) is 37.8 Å². The first kappa shape index (κ1) is 18.5. The zero-order chi connectivity index (χ0) is 15.8. The Kier molecular flexibility index (Phi) is 7.97. The zero-order valence-corrected chi connectivity index (χ0v) is 11.9. The van der Waals surface area contributed by atoms with Crippen molar-refractivity contribution in [2.24, 2.45) is 0 Å². The number of rotatable bonds is 9. The van der Waals surface area contributed by atoms with Gasteiger partial charge in [0.15, 0.2) is 0 Å². The summed E-state index contributed by atoms with van der Waals surface area (Å²) >= 11 is 0. The summed E-state index contributed by atoms with van der Waals surface area (Å²) in [7, 11) is -4.55. The van der Waals surface area contributed by atoms with Gasteiger partial charge < -0.3 is 5.11 Å². The highest BCUT2D eigenvalue weighted by Gasteiger charge is 2.34. The SMILES string of the molecule is C=C(C)C(=O)OOP(=O)(OCCO)OOC(=O)C(=C)C. The Morgan fingerprint density at radius 1 is 1.05 bits per heavy atom. The van der Waals surface area contributed by atoms with E-state index in [2.05, 4.69) is 36.8 Å². The largest absolute Gasteiger partial charge is 0.547 e. The van der Waals surface area contributed by atoms with E-state index in [1.54, 1.807) is 0 Å². The maximum absolute atomic E-state index is 11.8. The van der Waals surface area contributed by atoms with E-state index < -0.39 is 33.0 Å². The highest BCUT2D eigenvalue weighted by molar-refractivity contribution is 7.48. The van der Waals surface area contributed by atoms with Crippen molar-refractivity contribution in [2.75, 3.05) is 13.2 Å². The van der Waals surface area contributed by atoms with Gasteiger partial charge in [-0.25, -0.2) is 14.2 Å². The quantitative estimate of drug-likeness (QED) is 0.290. The number of aliphatic hydroxyl groups is 1. The van der Waals surface area contributed by atoms with E-state index in [0.717, 1.165) is 0 Å². The van der Waals surface area contributed by atoms with Gasteiger partial charge in [-0.1, -0.05) is 22.5 Å². The standard InChI is InChI=1S/C10H15O9P/c1-7(2)9(12)16-18-20(14,15-6-5-11)19-17-10(13)8(3)4/h11H,1,3,5-6H2,2,4H3.